The lowest BCUT2D eigenvalue weighted by atomic mass is 9.92. The van der Waals surface area contributed by atoms with E-state index in [1.165, 1.54) is 13.2 Å². The minimum absolute atomic E-state index is 0.0656. The van der Waals surface area contributed by atoms with Crippen LogP contribution in [0, 0.1) is 5.92 Å². The summed E-state index contributed by atoms with van der Waals surface area (Å²) >= 11 is 3.57. The lowest BCUT2D eigenvalue weighted by Crippen LogP contribution is -2.54. The zero-order valence-electron chi connectivity index (χ0n) is 44.2. The molecule has 79 heavy (non-hydrogen) atoms. The summed E-state index contributed by atoms with van der Waals surface area (Å²) in [7, 11) is 1.29. The van der Waals surface area contributed by atoms with Gasteiger partial charge in [0.15, 0.2) is 0 Å². The van der Waals surface area contributed by atoms with Crippen molar-refractivity contribution in [2.75, 3.05) is 97.5 Å². The van der Waals surface area contributed by atoms with Crippen molar-refractivity contribution >= 4 is 107 Å². The molecule has 11 rings (SSSR count). The highest BCUT2D eigenvalue weighted by Crippen LogP contribution is 2.43. The molecule has 4 fully saturated rings. The number of aromatic nitrogens is 6. The molecule has 0 radical (unpaired) electrons. The molecule has 3 aromatic heterocycles. The first-order valence-electron chi connectivity index (χ1n) is 26.3. The Morgan fingerprint density at radius 2 is 1.56 bits per heavy atom. The number of hydrogen-bond acceptors (Lipinski definition) is 18. The summed E-state index contributed by atoms with van der Waals surface area (Å²) in [5.41, 5.74) is 6.54. The van der Waals surface area contributed by atoms with E-state index in [1.807, 2.05) is 42.5 Å². The number of aryl methyl sites for hydroxylation is 1. The summed E-state index contributed by atoms with van der Waals surface area (Å²) in [6, 6.07) is 12.1. The summed E-state index contributed by atoms with van der Waals surface area (Å²) in [5, 5.41) is 13.4. The van der Waals surface area contributed by atoms with Gasteiger partial charge in [-0.3, -0.25) is 58.0 Å². The van der Waals surface area contributed by atoms with Crippen molar-refractivity contribution in [2.24, 2.45) is 13.0 Å². The number of carbonyl (C=O) groups is 5. The van der Waals surface area contributed by atoms with Crippen LogP contribution in [0.5, 0.6) is 5.75 Å². The molecular formula is C54H60BrN15O8S. The monoisotopic (exact) mass is 1160 g/mol. The van der Waals surface area contributed by atoms with Gasteiger partial charge in [-0.15, -0.1) is 0 Å². The minimum Gasteiger partial charge on any atom is -0.494 e. The lowest BCUT2D eigenvalue weighted by Gasteiger charge is -2.44. The van der Waals surface area contributed by atoms with Gasteiger partial charge in [0, 0.05) is 139 Å². The number of methoxy groups -OCH3 is 1. The lowest BCUT2D eigenvalue weighted by molar-refractivity contribution is -0.136. The molecule has 3 aromatic carbocycles. The highest BCUT2D eigenvalue weighted by molar-refractivity contribution is 9.10. The van der Waals surface area contributed by atoms with Crippen molar-refractivity contribution in [3.63, 3.8) is 0 Å². The Kier molecular flexibility index (Phi) is 14.7. The maximum atomic E-state index is 13.7. The second kappa shape index (κ2) is 21.8. The second-order valence-electron chi connectivity index (χ2n) is 20.7. The summed E-state index contributed by atoms with van der Waals surface area (Å²) in [6.45, 7) is 6.05. The summed E-state index contributed by atoms with van der Waals surface area (Å²) < 4.78 is 35.1. The fourth-order valence-corrected chi connectivity index (χ4v) is 12.3. The SMILES string of the molecule is COc1cc(N2CCC(N3CCN(C(=O)CC4CCN(c5ccc6c(c5)C(=O)N(C5CCC(=O)NC5=O)C6=O)CC4)CC3)CC2)c(-c2cnn(C)c2)cc1Nc1ncc(Br)c(Nc2ccc3nccnc3c2N(C)S(C)(=O)=O)n1. The van der Waals surface area contributed by atoms with Crippen LogP contribution in [0.3, 0.4) is 0 Å². The quantitative estimate of drug-likeness (QED) is 0.117. The van der Waals surface area contributed by atoms with E-state index in [9.17, 15) is 32.4 Å². The van der Waals surface area contributed by atoms with Crippen LogP contribution >= 0.6 is 15.9 Å². The standard InChI is InChI=1S/C54H60BrN15O8S/c1-64-31-33(29-59-64)37-27-42(61-54-58-30-39(55)50(63-54)60-41-8-7-40-48(57-16-15-56-40)49(41)65(2)79(4,76)77)45(78-3)28-44(37)68-19-13-34(14-20-68)67-21-23-69(24-22-67)47(72)25-32-11-17-66(18-12-32)35-5-6-36-38(26-35)53(75)70(52(36)74)43-9-10-46(71)62-51(43)73/h5-8,15-16,26-32,34,43H,9-14,17-25H2,1-4H3,(H,62,71,73)(H2,58,60,61,63). The Morgan fingerprint density at radius 3 is 2.27 bits per heavy atom. The average Bonchev–Trinajstić information content (AvgIpc) is 4.26. The van der Waals surface area contributed by atoms with E-state index < -0.39 is 39.7 Å². The van der Waals surface area contributed by atoms with Crippen LogP contribution in [-0.4, -0.2) is 167 Å². The van der Waals surface area contributed by atoms with Crippen molar-refractivity contribution in [1.82, 2.24) is 49.7 Å². The van der Waals surface area contributed by atoms with Crippen LogP contribution in [0.1, 0.15) is 65.7 Å². The van der Waals surface area contributed by atoms with Gasteiger partial charge in [0.1, 0.15) is 28.8 Å². The van der Waals surface area contributed by atoms with E-state index in [0.717, 1.165) is 89.8 Å². The third-order valence-corrected chi connectivity index (χ3v) is 17.6. The molecule has 1 unspecified atom stereocenters. The molecule has 3 N–H and O–H groups in total. The first-order valence-corrected chi connectivity index (χ1v) is 29.0. The zero-order valence-corrected chi connectivity index (χ0v) is 46.6. The molecule has 5 aliphatic heterocycles. The molecular weight excluding hydrogens is 1100 g/mol. The number of fused-ring (bicyclic) bond motifs is 2. The number of rotatable bonds is 14. The van der Waals surface area contributed by atoms with Crippen molar-refractivity contribution in [2.45, 2.75) is 57.0 Å². The molecule has 0 bridgehead atoms. The van der Waals surface area contributed by atoms with Gasteiger partial charge < -0.3 is 30.1 Å². The molecule has 1 atom stereocenters. The number of nitrogens with one attached hydrogen (secondary N) is 3. The molecule has 25 heteroatoms. The van der Waals surface area contributed by atoms with Gasteiger partial charge in [-0.1, -0.05) is 0 Å². The number of piperazine rings is 1. The number of ether oxygens (including phenoxy) is 1. The fraction of sp³-hybridized carbons (Fsp3) is 0.407. The maximum absolute atomic E-state index is 13.7. The number of piperidine rings is 3. The second-order valence-corrected chi connectivity index (χ2v) is 23.5. The topological polar surface area (TPSA) is 254 Å². The van der Waals surface area contributed by atoms with Crippen molar-refractivity contribution in [1.29, 1.82) is 0 Å². The molecule has 23 nitrogen and oxygen atoms in total. The molecule has 0 aliphatic carbocycles. The fourth-order valence-electron chi connectivity index (χ4n) is 11.5. The molecule has 412 valence electrons. The highest BCUT2D eigenvalue weighted by Gasteiger charge is 2.45. The number of hydrogen-bond donors (Lipinski definition) is 3. The highest BCUT2D eigenvalue weighted by atomic mass is 79.9. The van der Waals surface area contributed by atoms with Crippen molar-refractivity contribution in [3.8, 4) is 16.9 Å². The summed E-state index contributed by atoms with van der Waals surface area (Å²) in [5.74, 6) is -0.451. The van der Waals surface area contributed by atoms with Crippen LogP contribution < -0.4 is 34.8 Å². The Bertz CT molecular complexity index is 3520. The van der Waals surface area contributed by atoms with E-state index in [0.29, 0.717) is 82.8 Å². The largest absolute Gasteiger partial charge is 0.494 e. The molecule has 0 saturated carbocycles. The Hall–Kier alpha value is -7.77. The van der Waals surface area contributed by atoms with Gasteiger partial charge in [-0.25, -0.2) is 13.4 Å². The van der Waals surface area contributed by atoms with Crippen LogP contribution in [0.25, 0.3) is 22.2 Å². The first kappa shape index (κ1) is 53.2. The van der Waals surface area contributed by atoms with Gasteiger partial charge in [0.05, 0.1) is 52.1 Å². The van der Waals surface area contributed by atoms with Crippen LogP contribution in [0.4, 0.5) is 40.2 Å². The number of amides is 5. The number of sulfonamides is 1. The minimum atomic E-state index is -3.69. The third-order valence-electron chi connectivity index (χ3n) is 15.9. The molecule has 4 saturated heterocycles. The number of nitrogens with zero attached hydrogens (tertiary/aromatic N) is 12. The van der Waals surface area contributed by atoms with E-state index in [-0.39, 0.29) is 41.7 Å². The zero-order chi connectivity index (χ0) is 55.3. The molecule has 5 amide bonds. The Labute approximate surface area is 464 Å². The summed E-state index contributed by atoms with van der Waals surface area (Å²) in [4.78, 5) is 93.0. The van der Waals surface area contributed by atoms with E-state index >= 15 is 0 Å². The maximum Gasteiger partial charge on any atom is 0.262 e. The average molecular weight is 1160 g/mol. The number of benzene rings is 3. The predicted molar refractivity (Wildman–Crippen MR) is 300 cm³/mol. The molecule has 0 spiro atoms. The normalized spacial score (nSPS) is 18.8. The van der Waals surface area contributed by atoms with E-state index in [2.05, 4.69) is 66.6 Å². The van der Waals surface area contributed by atoms with Gasteiger partial charge in [0.25, 0.3) is 11.8 Å². The Balaban J connectivity index is 0.698. The number of halogens is 1. The van der Waals surface area contributed by atoms with Crippen LogP contribution in [0.2, 0.25) is 0 Å². The van der Waals surface area contributed by atoms with Crippen LogP contribution in [0.15, 0.2) is 77.9 Å². The van der Waals surface area contributed by atoms with Gasteiger partial charge in [0.2, 0.25) is 33.7 Å². The molecule has 8 heterocycles. The van der Waals surface area contributed by atoms with Crippen LogP contribution in [-0.2, 0) is 31.5 Å². The predicted octanol–water partition coefficient (Wildman–Crippen LogP) is 5.30. The van der Waals surface area contributed by atoms with Crippen molar-refractivity contribution in [3.05, 3.63) is 89.0 Å². The van der Waals surface area contributed by atoms with Gasteiger partial charge in [-0.2, -0.15) is 10.1 Å². The van der Waals surface area contributed by atoms with Crippen molar-refractivity contribution < 1.29 is 37.1 Å². The summed E-state index contributed by atoms with van der Waals surface area (Å²) in [6.07, 6.45) is 13.8. The number of anilines is 7. The first-order chi connectivity index (χ1) is 38.0. The van der Waals surface area contributed by atoms with E-state index in [1.54, 1.807) is 48.5 Å². The van der Waals surface area contributed by atoms with E-state index in [4.69, 9.17) is 9.72 Å². The molecule has 5 aliphatic rings. The van der Waals surface area contributed by atoms with Gasteiger partial charge in [-0.05, 0) is 90.4 Å². The smallest absolute Gasteiger partial charge is 0.262 e. The molecule has 6 aromatic rings. The number of imide groups is 2. The van der Waals surface area contributed by atoms with Gasteiger partial charge >= 0.3 is 0 Å². The Morgan fingerprint density at radius 1 is 0.823 bits per heavy atom. The number of carbonyl (C=O) groups excluding carboxylic acids is 5. The third kappa shape index (κ3) is 10.8.